The van der Waals surface area contributed by atoms with Crippen molar-refractivity contribution in [3.63, 3.8) is 0 Å². The van der Waals surface area contributed by atoms with Gasteiger partial charge < -0.3 is 25.5 Å². The van der Waals surface area contributed by atoms with Crippen molar-refractivity contribution in [1.29, 1.82) is 0 Å². The highest BCUT2D eigenvalue weighted by molar-refractivity contribution is 5.34. The van der Waals surface area contributed by atoms with Crippen LogP contribution in [-0.2, 0) is 0 Å². The van der Waals surface area contributed by atoms with Crippen molar-refractivity contribution in [3.05, 3.63) is 113 Å². The number of aliphatic hydroxyl groups excluding tert-OH is 2. The summed E-state index contributed by atoms with van der Waals surface area (Å²) in [4.78, 5) is 0. The van der Waals surface area contributed by atoms with Gasteiger partial charge in [-0.1, -0.05) is 111 Å². The monoisotopic (exact) mass is 618 g/mol. The average Bonchev–Trinajstić information content (AvgIpc) is 2.86. The molecule has 0 bridgehead atoms. The van der Waals surface area contributed by atoms with Gasteiger partial charge in [0.25, 0.3) is 0 Å². The van der Waals surface area contributed by atoms with Gasteiger partial charge in [-0.25, -0.2) is 0 Å². The predicted molar refractivity (Wildman–Crippen MR) is 187 cm³/mol. The molecule has 0 amide bonds. The summed E-state index contributed by atoms with van der Waals surface area (Å²) in [6.45, 7) is 19.2. The van der Waals surface area contributed by atoms with Crippen LogP contribution in [0.1, 0.15) is 94.9 Å². The molecule has 5 atom stereocenters. The summed E-state index contributed by atoms with van der Waals surface area (Å²) >= 11 is 0. The molecule has 5 unspecified atom stereocenters. The molecule has 5 N–H and O–H groups in total. The first-order valence-electron chi connectivity index (χ1n) is 16.0. The van der Waals surface area contributed by atoms with Crippen molar-refractivity contribution in [2.45, 2.75) is 124 Å². The van der Waals surface area contributed by atoms with Gasteiger partial charge in [0.15, 0.2) is 0 Å². The molecule has 0 aromatic carbocycles. The highest BCUT2D eigenvalue weighted by Crippen LogP contribution is 2.50. The van der Waals surface area contributed by atoms with Crippen LogP contribution in [-0.4, -0.2) is 54.5 Å². The molecule has 0 heterocycles. The summed E-state index contributed by atoms with van der Waals surface area (Å²) in [5.41, 5.74) is 3.34. The molecule has 2 saturated carbocycles. The summed E-state index contributed by atoms with van der Waals surface area (Å²) in [5.74, 6) is 0. The second-order valence-corrected chi connectivity index (χ2v) is 14.9. The van der Waals surface area contributed by atoms with E-state index < -0.39 is 34.4 Å². The van der Waals surface area contributed by atoms with Crippen LogP contribution in [0.5, 0.6) is 0 Å². The maximum atomic E-state index is 11.4. The Balaban J connectivity index is 1.99. The van der Waals surface area contributed by atoms with Crippen molar-refractivity contribution < 1.29 is 25.5 Å². The van der Waals surface area contributed by atoms with Crippen LogP contribution in [0.25, 0.3) is 0 Å². The number of allylic oxidation sites excluding steroid dienone is 15. The van der Waals surface area contributed by atoms with Gasteiger partial charge in [-0.3, -0.25) is 0 Å². The molecule has 0 saturated heterocycles. The largest absolute Gasteiger partial charge is 0.393 e. The lowest BCUT2D eigenvalue weighted by molar-refractivity contribution is -0.216. The molecule has 2 aliphatic rings. The fourth-order valence-corrected chi connectivity index (χ4v) is 6.74. The maximum absolute atomic E-state index is 11.4. The van der Waals surface area contributed by atoms with E-state index in [2.05, 4.69) is 5.73 Å². The molecule has 45 heavy (non-hydrogen) atoms. The Hall–Kier alpha value is -2.76. The first-order valence-corrected chi connectivity index (χ1v) is 16.0. The fraction of sp³-hybridized carbons (Fsp3) is 0.525. The Labute approximate surface area is 272 Å². The lowest BCUT2D eigenvalue weighted by Gasteiger charge is -2.54. The summed E-state index contributed by atoms with van der Waals surface area (Å²) in [7, 11) is 0. The van der Waals surface area contributed by atoms with Crippen molar-refractivity contribution in [3.8, 4) is 0 Å². The Morgan fingerprint density at radius 3 is 1.60 bits per heavy atom. The third-order valence-electron chi connectivity index (χ3n) is 9.12. The zero-order chi connectivity index (χ0) is 34.3. The van der Waals surface area contributed by atoms with E-state index in [0.29, 0.717) is 19.3 Å². The van der Waals surface area contributed by atoms with Crippen LogP contribution in [0, 0.1) is 10.8 Å². The highest BCUT2D eigenvalue weighted by atomic mass is 16.4. The lowest BCUT2D eigenvalue weighted by atomic mass is 9.57. The van der Waals surface area contributed by atoms with E-state index in [0.717, 1.165) is 27.9 Å². The van der Waals surface area contributed by atoms with Gasteiger partial charge in [0.2, 0.25) is 0 Å². The second-order valence-electron chi connectivity index (χ2n) is 14.9. The lowest BCUT2D eigenvalue weighted by Crippen LogP contribution is -2.65. The molecule has 2 fully saturated rings. The first-order chi connectivity index (χ1) is 20.6. The Morgan fingerprint density at radius 1 is 0.622 bits per heavy atom. The number of hydrogen-bond acceptors (Lipinski definition) is 5. The number of rotatable bonds is 9. The minimum atomic E-state index is -1.45. The second kappa shape index (κ2) is 15.2. The summed E-state index contributed by atoms with van der Waals surface area (Å²) in [5, 5.41) is 53.4. The van der Waals surface area contributed by atoms with E-state index in [1.807, 2.05) is 128 Å². The standard InChI is InChI=1S/C40H58O5/c1-29(17-13-19-31(3)21-22-35-36(5,6)25-33(41)27-38(35,9)43)15-11-12-16-30(2)18-14-20-32(4)23-24-40(45)37(7,8)26-34(42)28-39(40,10)44/h11-21,23-24,33-34,41-45H,25-28H2,1-10H3/b12-11+,17-13+,18-14+,24-23+,29-15+,30-16+,31-19+,32-20+. The van der Waals surface area contributed by atoms with Crippen LogP contribution >= 0.6 is 0 Å². The Bertz CT molecular complexity index is 1320. The topological polar surface area (TPSA) is 101 Å². The van der Waals surface area contributed by atoms with Gasteiger partial charge in [0, 0.05) is 23.8 Å². The third kappa shape index (κ3) is 10.6. The molecule has 0 radical (unpaired) electrons. The molecule has 0 aliphatic heterocycles. The van der Waals surface area contributed by atoms with Gasteiger partial charge >= 0.3 is 0 Å². The van der Waals surface area contributed by atoms with E-state index in [-0.39, 0.29) is 11.8 Å². The molecule has 2 aliphatic carbocycles. The van der Waals surface area contributed by atoms with Crippen LogP contribution in [0.2, 0.25) is 0 Å². The number of aliphatic hydroxyl groups is 5. The quantitative estimate of drug-likeness (QED) is 0.135. The highest BCUT2D eigenvalue weighted by Gasteiger charge is 2.58. The van der Waals surface area contributed by atoms with Crippen LogP contribution in [0.3, 0.4) is 0 Å². The minimum Gasteiger partial charge on any atom is -0.393 e. The molecular formula is C40H58O5. The first kappa shape index (κ1) is 38.4. The summed E-state index contributed by atoms with van der Waals surface area (Å²) in [6, 6.07) is 0. The summed E-state index contributed by atoms with van der Waals surface area (Å²) in [6.07, 6.45) is 25.8. The normalized spacial score (nSPS) is 33.5. The Kier molecular flexibility index (Phi) is 13.0. The fourth-order valence-electron chi connectivity index (χ4n) is 6.74. The zero-order valence-electron chi connectivity index (χ0n) is 29.2. The minimum absolute atomic E-state index is 0.132. The smallest absolute Gasteiger partial charge is 0.117 e. The predicted octanol–water partition coefficient (Wildman–Crippen LogP) is 7.67. The van der Waals surface area contributed by atoms with Crippen molar-refractivity contribution in [2.75, 3.05) is 0 Å². The Morgan fingerprint density at radius 2 is 1.09 bits per heavy atom. The number of hydrogen-bond donors (Lipinski definition) is 5. The average molecular weight is 619 g/mol. The van der Waals surface area contributed by atoms with Crippen LogP contribution in [0.15, 0.2) is 113 Å². The van der Waals surface area contributed by atoms with Gasteiger partial charge in [-0.2, -0.15) is 0 Å². The molecule has 0 spiro atoms. The van der Waals surface area contributed by atoms with Crippen LogP contribution in [0.4, 0.5) is 0 Å². The molecule has 0 aromatic rings. The third-order valence-corrected chi connectivity index (χ3v) is 9.12. The molecule has 5 nitrogen and oxygen atoms in total. The van der Waals surface area contributed by atoms with Crippen molar-refractivity contribution >= 4 is 0 Å². The van der Waals surface area contributed by atoms with Crippen molar-refractivity contribution in [1.82, 2.24) is 0 Å². The van der Waals surface area contributed by atoms with E-state index in [4.69, 9.17) is 0 Å². The van der Waals surface area contributed by atoms with Crippen molar-refractivity contribution in [2.24, 2.45) is 10.8 Å². The van der Waals surface area contributed by atoms with E-state index in [1.54, 1.807) is 19.9 Å². The SMILES string of the molecule is C\C(C=C=C1C(C)(C)CC(O)CC1(C)O)=C/C=C/C(C)=C/C=C/C=C(C)/C=C/C=C(C)/C=C/C1(O)C(C)(C)CC(O)CC1(C)O. The maximum Gasteiger partial charge on any atom is 0.117 e. The van der Waals surface area contributed by atoms with E-state index in [9.17, 15) is 25.5 Å². The van der Waals surface area contributed by atoms with Gasteiger partial charge in [0.05, 0.1) is 23.4 Å². The van der Waals surface area contributed by atoms with E-state index in [1.165, 1.54) is 0 Å². The molecule has 2 rings (SSSR count). The van der Waals surface area contributed by atoms with Gasteiger partial charge in [0.1, 0.15) is 5.60 Å². The molecule has 0 aromatic heterocycles. The van der Waals surface area contributed by atoms with Crippen LogP contribution < -0.4 is 0 Å². The zero-order valence-corrected chi connectivity index (χ0v) is 29.2. The van der Waals surface area contributed by atoms with Gasteiger partial charge in [-0.05, 0) is 77.5 Å². The molecule has 5 heteroatoms. The van der Waals surface area contributed by atoms with Gasteiger partial charge in [-0.15, -0.1) is 5.73 Å². The van der Waals surface area contributed by atoms with E-state index >= 15 is 0 Å². The molecule has 248 valence electrons. The molecular weight excluding hydrogens is 560 g/mol. The summed E-state index contributed by atoms with van der Waals surface area (Å²) < 4.78 is 0.